The zero-order valence-electron chi connectivity index (χ0n) is 15.8. The summed E-state index contributed by atoms with van der Waals surface area (Å²) in [6, 6.07) is 14.3. The van der Waals surface area contributed by atoms with Crippen LogP contribution in [-0.4, -0.2) is 39.7 Å². The summed E-state index contributed by atoms with van der Waals surface area (Å²) in [7, 11) is 0. The summed E-state index contributed by atoms with van der Waals surface area (Å²) in [6.45, 7) is 1.76. The number of carboxylic acids is 1. The fraction of sp³-hybridized carbons (Fsp3) is 0.227. The minimum Gasteiger partial charge on any atom is -0.493 e. The lowest BCUT2D eigenvalue weighted by molar-refractivity contribution is -0.117. The first kappa shape index (κ1) is 18.7. The zero-order valence-corrected chi connectivity index (χ0v) is 15.8. The quantitative estimate of drug-likeness (QED) is 0.669. The van der Waals surface area contributed by atoms with Gasteiger partial charge in [-0.2, -0.15) is 0 Å². The zero-order chi connectivity index (χ0) is 20.2. The van der Waals surface area contributed by atoms with Crippen LogP contribution in [0.15, 0.2) is 67.3 Å². The number of carbonyl (C=O) groups is 2. The third-order valence-corrected chi connectivity index (χ3v) is 4.96. The lowest BCUT2D eigenvalue weighted by Crippen LogP contribution is -2.25. The molecule has 1 aliphatic heterocycles. The van der Waals surface area contributed by atoms with Crippen molar-refractivity contribution in [3.63, 3.8) is 0 Å². The number of aromatic nitrogens is 2. The molecule has 1 atom stereocenters. The summed E-state index contributed by atoms with van der Waals surface area (Å²) in [6.07, 6.45) is 5.87. The van der Waals surface area contributed by atoms with Gasteiger partial charge in [0.05, 0.1) is 18.5 Å². The maximum Gasteiger partial charge on any atom is 0.335 e. The molecular formula is C22H21N3O4. The van der Waals surface area contributed by atoms with Crippen molar-refractivity contribution in [2.75, 3.05) is 18.1 Å². The molecule has 3 aromatic rings. The van der Waals surface area contributed by atoms with Gasteiger partial charge < -0.3 is 19.3 Å². The first-order valence-corrected chi connectivity index (χ1v) is 9.40. The number of amides is 1. The number of benzene rings is 2. The Kier molecular flexibility index (Phi) is 5.29. The molecule has 0 saturated carbocycles. The smallest absolute Gasteiger partial charge is 0.335 e. The van der Waals surface area contributed by atoms with Gasteiger partial charge in [-0.05, 0) is 42.0 Å². The molecule has 29 heavy (non-hydrogen) atoms. The number of nitrogens with zero attached hydrogens (tertiary/aromatic N) is 3. The van der Waals surface area contributed by atoms with E-state index in [0.717, 1.165) is 17.8 Å². The summed E-state index contributed by atoms with van der Waals surface area (Å²) in [4.78, 5) is 29.2. The Labute approximate surface area is 168 Å². The molecule has 4 rings (SSSR count). The molecule has 7 nitrogen and oxygen atoms in total. The fourth-order valence-corrected chi connectivity index (χ4v) is 3.42. The number of ether oxygens (including phenoxy) is 1. The maximum atomic E-state index is 12.5. The van der Waals surface area contributed by atoms with Crippen molar-refractivity contribution >= 4 is 17.6 Å². The molecule has 1 unspecified atom stereocenters. The van der Waals surface area contributed by atoms with E-state index in [0.29, 0.717) is 25.3 Å². The average Bonchev–Trinajstić information content (AvgIpc) is 3.37. The van der Waals surface area contributed by atoms with Gasteiger partial charge in [0, 0.05) is 43.5 Å². The Morgan fingerprint density at radius 2 is 1.90 bits per heavy atom. The van der Waals surface area contributed by atoms with Crippen molar-refractivity contribution < 1.29 is 19.4 Å². The SMILES string of the molecule is O=C(O)c1ccc(OCC2CC(=O)N(c3ccc(Cn4ccnc4)cc3)C2)cc1. The molecule has 148 valence electrons. The molecule has 2 heterocycles. The van der Waals surface area contributed by atoms with Gasteiger partial charge in [0.25, 0.3) is 0 Å². The van der Waals surface area contributed by atoms with Crippen molar-refractivity contribution in [3.05, 3.63) is 78.4 Å². The van der Waals surface area contributed by atoms with Crippen molar-refractivity contribution in [2.24, 2.45) is 5.92 Å². The van der Waals surface area contributed by atoms with E-state index in [1.54, 1.807) is 29.6 Å². The Morgan fingerprint density at radius 1 is 1.14 bits per heavy atom. The van der Waals surface area contributed by atoms with Crippen molar-refractivity contribution in [2.45, 2.75) is 13.0 Å². The van der Waals surface area contributed by atoms with Crippen LogP contribution in [0.4, 0.5) is 5.69 Å². The highest BCUT2D eigenvalue weighted by Crippen LogP contribution is 2.26. The van der Waals surface area contributed by atoms with Gasteiger partial charge in [-0.3, -0.25) is 4.79 Å². The number of carboxylic acid groups (broad SMARTS) is 1. The minimum absolute atomic E-state index is 0.0854. The molecule has 1 N–H and O–H groups in total. The second-order valence-corrected chi connectivity index (χ2v) is 7.12. The van der Waals surface area contributed by atoms with Crippen molar-refractivity contribution in [1.82, 2.24) is 9.55 Å². The largest absolute Gasteiger partial charge is 0.493 e. The van der Waals surface area contributed by atoms with Crippen LogP contribution in [0.5, 0.6) is 5.75 Å². The molecule has 1 fully saturated rings. The molecular weight excluding hydrogens is 370 g/mol. The predicted molar refractivity (Wildman–Crippen MR) is 107 cm³/mol. The monoisotopic (exact) mass is 391 g/mol. The molecule has 7 heteroatoms. The Morgan fingerprint density at radius 3 is 2.55 bits per heavy atom. The van der Waals surface area contributed by atoms with Gasteiger partial charge >= 0.3 is 5.97 Å². The highest BCUT2D eigenvalue weighted by atomic mass is 16.5. The molecule has 1 amide bonds. The molecule has 2 aromatic carbocycles. The van der Waals surface area contributed by atoms with E-state index in [-0.39, 0.29) is 17.4 Å². The van der Waals surface area contributed by atoms with Crippen LogP contribution in [0, 0.1) is 5.92 Å². The van der Waals surface area contributed by atoms with Gasteiger partial charge in [-0.15, -0.1) is 0 Å². The summed E-state index contributed by atoms with van der Waals surface area (Å²) in [5.74, 6) is -0.191. The number of rotatable bonds is 7. The third kappa shape index (κ3) is 4.45. The second-order valence-electron chi connectivity index (χ2n) is 7.12. The molecule has 1 aromatic heterocycles. The van der Waals surface area contributed by atoms with Crippen molar-refractivity contribution in [3.8, 4) is 5.75 Å². The van der Waals surface area contributed by atoms with E-state index in [9.17, 15) is 9.59 Å². The van der Waals surface area contributed by atoms with Crippen LogP contribution >= 0.6 is 0 Å². The van der Waals surface area contributed by atoms with Crippen LogP contribution in [-0.2, 0) is 11.3 Å². The van der Waals surface area contributed by atoms with Crippen LogP contribution in [0.25, 0.3) is 0 Å². The Bertz CT molecular complexity index is 982. The van der Waals surface area contributed by atoms with Crippen LogP contribution in [0.3, 0.4) is 0 Å². The van der Waals surface area contributed by atoms with Crippen LogP contribution in [0.1, 0.15) is 22.3 Å². The highest BCUT2D eigenvalue weighted by molar-refractivity contribution is 5.95. The minimum atomic E-state index is -0.968. The predicted octanol–water partition coefficient (Wildman–Crippen LogP) is 3.06. The number of carbonyl (C=O) groups excluding carboxylic acids is 1. The molecule has 0 bridgehead atoms. The lowest BCUT2D eigenvalue weighted by Gasteiger charge is -2.17. The van der Waals surface area contributed by atoms with Gasteiger partial charge in [0.2, 0.25) is 5.91 Å². The third-order valence-electron chi connectivity index (χ3n) is 4.96. The van der Waals surface area contributed by atoms with Gasteiger partial charge in [0.1, 0.15) is 5.75 Å². The number of aromatic carboxylic acids is 1. The topological polar surface area (TPSA) is 84.7 Å². The second kappa shape index (κ2) is 8.18. The van der Waals surface area contributed by atoms with Gasteiger partial charge in [-0.25, -0.2) is 9.78 Å². The standard InChI is InChI=1S/C22H21N3O4/c26-21-11-17(14-29-20-7-3-18(4-8-20)22(27)28)13-25(21)19-5-1-16(2-6-19)12-24-10-9-23-15-24/h1-10,15,17H,11-14H2,(H,27,28). The summed E-state index contributed by atoms with van der Waals surface area (Å²) >= 11 is 0. The van der Waals surface area contributed by atoms with E-state index < -0.39 is 5.97 Å². The molecule has 1 aliphatic rings. The highest BCUT2D eigenvalue weighted by Gasteiger charge is 2.31. The van der Waals surface area contributed by atoms with Crippen LogP contribution < -0.4 is 9.64 Å². The van der Waals surface area contributed by atoms with Gasteiger partial charge in [-0.1, -0.05) is 12.1 Å². The van der Waals surface area contributed by atoms with E-state index in [2.05, 4.69) is 4.98 Å². The van der Waals surface area contributed by atoms with E-state index in [1.165, 1.54) is 12.1 Å². The number of anilines is 1. The summed E-state index contributed by atoms with van der Waals surface area (Å²) in [5, 5.41) is 8.94. The average molecular weight is 391 g/mol. The van der Waals surface area contributed by atoms with Crippen molar-refractivity contribution in [1.29, 1.82) is 0 Å². The van der Waals surface area contributed by atoms with E-state index >= 15 is 0 Å². The van der Waals surface area contributed by atoms with Gasteiger partial charge in [0.15, 0.2) is 0 Å². The normalized spacial score (nSPS) is 16.2. The number of hydrogen-bond donors (Lipinski definition) is 1. The molecule has 0 radical (unpaired) electrons. The Balaban J connectivity index is 1.33. The lowest BCUT2D eigenvalue weighted by atomic mass is 10.1. The first-order valence-electron chi connectivity index (χ1n) is 9.40. The van der Waals surface area contributed by atoms with E-state index in [4.69, 9.17) is 9.84 Å². The summed E-state index contributed by atoms with van der Waals surface area (Å²) in [5.41, 5.74) is 2.25. The number of hydrogen-bond acceptors (Lipinski definition) is 4. The Hall–Kier alpha value is -3.61. The first-order chi connectivity index (χ1) is 14.1. The summed E-state index contributed by atoms with van der Waals surface area (Å²) < 4.78 is 7.75. The van der Waals surface area contributed by atoms with Crippen LogP contribution in [0.2, 0.25) is 0 Å². The fourth-order valence-electron chi connectivity index (χ4n) is 3.42. The molecule has 1 saturated heterocycles. The van der Waals surface area contributed by atoms with E-state index in [1.807, 2.05) is 35.0 Å². The maximum absolute atomic E-state index is 12.5. The molecule has 0 aliphatic carbocycles. The molecule has 0 spiro atoms. The number of imidazole rings is 1.